The van der Waals surface area contributed by atoms with Crippen LogP contribution in [0.2, 0.25) is 0 Å². The molecule has 0 N–H and O–H groups in total. The summed E-state index contributed by atoms with van der Waals surface area (Å²) in [6.07, 6.45) is 7.31. The van der Waals surface area contributed by atoms with E-state index in [4.69, 9.17) is 0 Å². The fourth-order valence-electron chi connectivity index (χ4n) is 1.70. The van der Waals surface area contributed by atoms with E-state index >= 15 is 0 Å². The van der Waals surface area contributed by atoms with Crippen molar-refractivity contribution in [3.63, 3.8) is 0 Å². The molecule has 0 unspecified atom stereocenters. The predicted octanol–water partition coefficient (Wildman–Crippen LogP) is 3.50. The van der Waals surface area contributed by atoms with Gasteiger partial charge in [-0.15, -0.1) is 0 Å². The van der Waals surface area contributed by atoms with Crippen molar-refractivity contribution in [2.24, 2.45) is 5.92 Å². The minimum Gasteiger partial charge on any atom is -0.260 e. The summed E-state index contributed by atoms with van der Waals surface area (Å²) < 4.78 is 1.12. The van der Waals surface area contributed by atoms with Crippen LogP contribution in [0.25, 0.3) is 0 Å². The molecule has 1 aromatic heterocycles. The molecule has 0 bridgehead atoms. The maximum Gasteiger partial charge on any atom is 0.0416 e. The molecule has 0 atom stereocenters. The summed E-state index contributed by atoms with van der Waals surface area (Å²) in [5.41, 5.74) is 2.55. The van der Waals surface area contributed by atoms with Gasteiger partial charge >= 0.3 is 0 Å². The molecule has 1 heterocycles. The standard InChI is InChI=1S/C11H14BrN/c1-8-5-10(13-7-11(8)12)6-9-3-2-4-9/h5,7,9H,2-4,6H2,1H3. The second kappa shape index (κ2) is 3.79. The molecule has 70 valence electrons. The number of halogens is 1. The van der Waals surface area contributed by atoms with Gasteiger partial charge in [-0.3, -0.25) is 4.98 Å². The largest absolute Gasteiger partial charge is 0.260 e. The second-order valence-corrected chi connectivity index (χ2v) is 4.78. The topological polar surface area (TPSA) is 12.9 Å². The summed E-state index contributed by atoms with van der Waals surface area (Å²) >= 11 is 3.46. The molecular formula is C11H14BrN. The van der Waals surface area contributed by atoms with E-state index in [1.807, 2.05) is 6.20 Å². The first kappa shape index (κ1) is 9.20. The molecule has 1 aromatic rings. The molecule has 0 saturated heterocycles. The highest BCUT2D eigenvalue weighted by atomic mass is 79.9. The molecule has 0 aliphatic heterocycles. The number of aromatic nitrogens is 1. The van der Waals surface area contributed by atoms with Crippen LogP contribution in [0.5, 0.6) is 0 Å². The van der Waals surface area contributed by atoms with Crippen LogP contribution >= 0.6 is 15.9 Å². The molecule has 1 fully saturated rings. The molecule has 1 aliphatic carbocycles. The molecule has 0 amide bonds. The first-order chi connectivity index (χ1) is 6.25. The van der Waals surface area contributed by atoms with E-state index in [-0.39, 0.29) is 0 Å². The summed E-state index contributed by atoms with van der Waals surface area (Å²) in [6.45, 7) is 2.12. The average molecular weight is 240 g/mol. The maximum absolute atomic E-state index is 4.41. The van der Waals surface area contributed by atoms with Gasteiger partial charge in [0.1, 0.15) is 0 Å². The molecule has 13 heavy (non-hydrogen) atoms. The van der Waals surface area contributed by atoms with Crippen LogP contribution in [0.4, 0.5) is 0 Å². The summed E-state index contributed by atoms with van der Waals surface area (Å²) in [5, 5.41) is 0. The lowest BCUT2D eigenvalue weighted by Crippen LogP contribution is -2.14. The van der Waals surface area contributed by atoms with Crippen LogP contribution in [0.15, 0.2) is 16.7 Å². The minimum atomic E-state index is 0.910. The molecule has 1 saturated carbocycles. The SMILES string of the molecule is Cc1cc(CC2CCC2)ncc1Br. The van der Waals surface area contributed by atoms with E-state index < -0.39 is 0 Å². The third-order valence-corrected chi connectivity index (χ3v) is 3.66. The van der Waals surface area contributed by atoms with Gasteiger partial charge in [0, 0.05) is 16.4 Å². The molecule has 2 rings (SSSR count). The quantitative estimate of drug-likeness (QED) is 0.771. The van der Waals surface area contributed by atoms with Crippen LogP contribution in [0.1, 0.15) is 30.5 Å². The summed E-state index contributed by atoms with van der Waals surface area (Å²) in [7, 11) is 0. The molecule has 2 heteroatoms. The van der Waals surface area contributed by atoms with Crippen LogP contribution in [-0.2, 0) is 6.42 Å². The third kappa shape index (κ3) is 2.11. The lowest BCUT2D eigenvalue weighted by molar-refractivity contribution is 0.312. The van der Waals surface area contributed by atoms with E-state index in [0.29, 0.717) is 0 Å². The van der Waals surface area contributed by atoms with Crippen molar-refractivity contribution in [3.05, 3.63) is 28.0 Å². The van der Waals surface area contributed by atoms with Gasteiger partial charge in [0.25, 0.3) is 0 Å². The maximum atomic E-state index is 4.41. The zero-order valence-corrected chi connectivity index (χ0v) is 9.47. The zero-order valence-electron chi connectivity index (χ0n) is 7.89. The van der Waals surface area contributed by atoms with Crippen molar-refractivity contribution in [2.45, 2.75) is 32.6 Å². The van der Waals surface area contributed by atoms with Crippen molar-refractivity contribution in [1.29, 1.82) is 0 Å². The van der Waals surface area contributed by atoms with E-state index in [9.17, 15) is 0 Å². The number of pyridine rings is 1. The van der Waals surface area contributed by atoms with Gasteiger partial charge in [0.15, 0.2) is 0 Å². The monoisotopic (exact) mass is 239 g/mol. The van der Waals surface area contributed by atoms with E-state index in [1.54, 1.807) is 0 Å². The van der Waals surface area contributed by atoms with Gasteiger partial charge < -0.3 is 0 Å². The summed E-state index contributed by atoms with van der Waals surface area (Å²) in [4.78, 5) is 4.41. The fraction of sp³-hybridized carbons (Fsp3) is 0.545. The number of hydrogen-bond acceptors (Lipinski definition) is 1. The van der Waals surface area contributed by atoms with Crippen LogP contribution in [-0.4, -0.2) is 4.98 Å². The second-order valence-electron chi connectivity index (χ2n) is 3.93. The van der Waals surface area contributed by atoms with Gasteiger partial charge in [-0.1, -0.05) is 19.3 Å². The fourth-order valence-corrected chi connectivity index (χ4v) is 1.92. The molecule has 0 spiro atoms. The van der Waals surface area contributed by atoms with Gasteiger partial charge in [-0.25, -0.2) is 0 Å². The number of rotatable bonds is 2. The Balaban J connectivity index is 2.07. The van der Waals surface area contributed by atoms with Gasteiger partial charge in [0.2, 0.25) is 0 Å². The Morgan fingerprint density at radius 2 is 2.31 bits per heavy atom. The van der Waals surface area contributed by atoms with Gasteiger partial charge in [-0.05, 0) is 46.8 Å². The van der Waals surface area contributed by atoms with E-state index in [2.05, 4.69) is 33.9 Å². The highest BCUT2D eigenvalue weighted by Gasteiger charge is 2.18. The van der Waals surface area contributed by atoms with Crippen LogP contribution in [0.3, 0.4) is 0 Å². The van der Waals surface area contributed by atoms with Crippen LogP contribution in [0, 0.1) is 12.8 Å². The highest BCUT2D eigenvalue weighted by Crippen LogP contribution is 2.29. The summed E-state index contributed by atoms with van der Waals surface area (Å²) in [5.74, 6) is 0.910. The van der Waals surface area contributed by atoms with Crippen LogP contribution < -0.4 is 0 Å². The van der Waals surface area contributed by atoms with E-state index in [0.717, 1.165) is 10.4 Å². The Labute approximate surface area is 87.7 Å². The normalized spacial score (nSPS) is 17.1. The smallest absolute Gasteiger partial charge is 0.0416 e. The first-order valence-electron chi connectivity index (χ1n) is 4.87. The van der Waals surface area contributed by atoms with Crippen molar-refractivity contribution < 1.29 is 0 Å². The first-order valence-corrected chi connectivity index (χ1v) is 5.66. The molecule has 0 aromatic carbocycles. The predicted molar refractivity (Wildman–Crippen MR) is 57.7 cm³/mol. The highest BCUT2D eigenvalue weighted by molar-refractivity contribution is 9.10. The lowest BCUT2D eigenvalue weighted by Gasteiger charge is -2.24. The average Bonchev–Trinajstić information content (AvgIpc) is 2.04. The van der Waals surface area contributed by atoms with E-state index in [1.165, 1.54) is 36.9 Å². The van der Waals surface area contributed by atoms with Crippen molar-refractivity contribution in [2.75, 3.05) is 0 Å². The lowest BCUT2D eigenvalue weighted by atomic mass is 9.82. The Kier molecular flexibility index (Phi) is 2.68. The molecule has 1 aliphatic rings. The Morgan fingerprint density at radius 1 is 1.54 bits per heavy atom. The molecular weight excluding hydrogens is 226 g/mol. The number of aryl methyl sites for hydroxylation is 1. The van der Waals surface area contributed by atoms with Crippen molar-refractivity contribution >= 4 is 15.9 Å². The Morgan fingerprint density at radius 3 is 2.85 bits per heavy atom. The van der Waals surface area contributed by atoms with Gasteiger partial charge in [0.05, 0.1) is 0 Å². The molecule has 1 nitrogen and oxygen atoms in total. The Hall–Kier alpha value is -0.370. The number of hydrogen-bond donors (Lipinski definition) is 0. The van der Waals surface area contributed by atoms with Crippen molar-refractivity contribution in [3.8, 4) is 0 Å². The Bertz CT molecular complexity index is 305. The van der Waals surface area contributed by atoms with Crippen molar-refractivity contribution in [1.82, 2.24) is 4.98 Å². The van der Waals surface area contributed by atoms with Gasteiger partial charge in [-0.2, -0.15) is 0 Å². The number of nitrogens with zero attached hydrogens (tertiary/aromatic N) is 1. The minimum absolute atomic E-state index is 0.910. The molecule has 0 radical (unpaired) electrons. The zero-order chi connectivity index (χ0) is 9.26. The third-order valence-electron chi connectivity index (χ3n) is 2.83. The summed E-state index contributed by atoms with van der Waals surface area (Å²) in [6, 6.07) is 2.20.